The minimum atomic E-state index is -0.0945. The quantitative estimate of drug-likeness (QED) is 0.160. The summed E-state index contributed by atoms with van der Waals surface area (Å²) >= 11 is 0. The highest BCUT2D eigenvalue weighted by Gasteiger charge is 2.54. The lowest BCUT2D eigenvalue weighted by Crippen LogP contribution is -2.58. The third-order valence-electron chi connectivity index (χ3n) is 18.6. The van der Waals surface area contributed by atoms with E-state index in [1.807, 2.05) is 0 Å². The van der Waals surface area contributed by atoms with Crippen LogP contribution in [0.5, 0.6) is 0 Å². The maximum Gasteiger partial charge on any atom is 0.333 e. The molecule has 1 aromatic heterocycles. The average Bonchev–Trinajstić information content (AvgIpc) is 3.51. The second kappa shape index (κ2) is 10.1. The molecule has 0 spiro atoms. The van der Waals surface area contributed by atoms with Gasteiger partial charge in [-0.25, -0.2) is 0 Å². The zero-order chi connectivity index (χ0) is 37.3. The summed E-state index contributed by atoms with van der Waals surface area (Å²) < 4.78 is 2.87. The fourth-order valence-electron chi connectivity index (χ4n) is 17.4. The molecular weight excluding hydrogens is 687 g/mol. The van der Waals surface area contributed by atoms with Gasteiger partial charge in [-0.05, 0) is 211 Å². The lowest BCUT2D eigenvalue weighted by molar-refractivity contribution is -0.00527. The number of aryl methyl sites for hydroxylation is 1. The van der Waals surface area contributed by atoms with E-state index in [4.69, 9.17) is 0 Å². The van der Waals surface area contributed by atoms with Crippen molar-refractivity contribution in [1.29, 1.82) is 0 Å². The minimum Gasteiger partial charge on any atom is -0.375 e. The first-order valence-corrected chi connectivity index (χ1v) is 23.0. The number of fused-ring (bicyclic) bond motifs is 9. The normalized spacial score (nSPS) is 33.6. The third kappa shape index (κ3) is 3.80. The number of para-hydroxylation sites is 2. The van der Waals surface area contributed by atoms with Crippen LogP contribution in [0.2, 0.25) is 0 Å². The van der Waals surface area contributed by atoms with Crippen LogP contribution in [0.25, 0.3) is 32.9 Å². The highest BCUT2D eigenvalue weighted by molar-refractivity contribution is 6.90. The van der Waals surface area contributed by atoms with E-state index in [-0.39, 0.29) is 12.3 Å². The molecule has 0 N–H and O–H groups in total. The maximum atomic E-state index is 2.87. The Morgan fingerprint density at radius 3 is 1.86 bits per heavy atom. The van der Waals surface area contributed by atoms with Crippen molar-refractivity contribution in [2.75, 3.05) is 4.90 Å². The third-order valence-corrected chi connectivity index (χ3v) is 18.6. The summed E-state index contributed by atoms with van der Waals surface area (Å²) in [7, 11) is 0. The van der Waals surface area contributed by atoms with E-state index in [9.17, 15) is 0 Å². The molecule has 4 heterocycles. The first-order valence-electron chi connectivity index (χ1n) is 23.0. The van der Waals surface area contributed by atoms with Crippen molar-refractivity contribution in [2.24, 2.45) is 35.5 Å². The van der Waals surface area contributed by atoms with Gasteiger partial charge in [0.2, 0.25) is 0 Å². The van der Waals surface area contributed by atoms with Gasteiger partial charge >= 0.3 is 6.85 Å². The van der Waals surface area contributed by atoms with Gasteiger partial charge in [0.15, 0.2) is 0 Å². The minimum absolute atomic E-state index is 0.0945. The van der Waals surface area contributed by atoms with E-state index < -0.39 is 0 Å². The molecule has 0 saturated heterocycles. The smallest absolute Gasteiger partial charge is 0.333 e. The van der Waals surface area contributed by atoms with E-state index in [0.717, 1.165) is 35.5 Å². The van der Waals surface area contributed by atoms with Crippen molar-refractivity contribution in [2.45, 2.75) is 114 Å². The lowest BCUT2D eigenvalue weighted by Gasteiger charge is -2.57. The van der Waals surface area contributed by atoms with Gasteiger partial charge < -0.3 is 9.38 Å². The molecule has 0 amide bonds. The standard InChI is InChI=1S/C54H53BN2/c1-30-13-40-42-23-38(54-27-34-18-35(28-54)20-36(19-34)29-54)22-41-39-21-37(53-24-31-15-32(25-53)17-33(16-31)26-53)11-12-46(39)57(50(41)42)55-45-9-6-8-44-51(45)56(48(14-30)49(40)55)47-10-5-4-7-43(47)52(44,2)3/h4-14,21-23,31-36H,15-20,24-29H2,1-3H3. The van der Waals surface area contributed by atoms with Gasteiger partial charge in [-0.2, -0.15) is 0 Å². The van der Waals surface area contributed by atoms with E-state index in [0.29, 0.717) is 10.8 Å². The summed E-state index contributed by atoms with van der Waals surface area (Å²) in [6.07, 6.45) is 17.5. The van der Waals surface area contributed by atoms with Crippen LogP contribution in [-0.4, -0.2) is 11.3 Å². The molecule has 8 bridgehead atoms. The fraction of sp³-hybridized carbons (Fsp3) is 0.444. The van der Waals surface area contributed by atoms with Gasteiger partial charge in [-0.1, -0.05) is 62.4 Å². The van der Waals surface area contributed by atoms with E-state index >= 15 is 0 Å². The van der Waals surface area contributed by atoms with Gasteiger partial charge in [-0.3, -0.25) is 0 Å². The first kappa shape index (κ1) is 31.7. The Morgan fingerprint density at radius 1 is 0.561 bits per heavy atom. The molecule has 57 heavy (non-hydrogen) atoms. The summed E-state index contributed by atoms with van der Waals surface area (Å²) in [6, 6.07) is 35.3. The molecule has 0 unspecified atom stereocenters. The number of nitrogens with zero attached hydrogens (tertiary/aromatic N) is 2. The first-order chi connectivity index (χ1) is 27.7. The zero-order valence-corrected chi connectivity index (χ0v) is 34.0. The number of hydrogen-bond donors (Lipinski definition) is 0. The van der Waals surface area contributed by atoms with Crippen LogP contribution >= 0.6 is 0 Å². The van der Waals surface area contributed by atoms with Crippen molar-refractivity contribution in [3.05, 3.63) is 113 Å². The molecule has 282 valence electrons. The van der Waals surface area contributed by atoms with E-state index in [1.165, 1.54) is 149 Å². The number of rotatable bonds is 2. The van der Waals surface area contributed by atoms with Crippen LogP contribution in [0, 0.1) is 42.4 Å². The SMILES string of the molecule is Cc1cc2c3c(c1)N1c4ccccc4C(C)(C)c4cccc(c41)B3n1c3ccc(C45CC6CC(CC(C6)C4)C5)cc3c3cc(C45CC6CC(CC(C6)C4)C5)cc-2c31. The Bertz CT molecular complexity index is 2760. The summed E-state index contributed by atoms with van der Waals surface area (Å²) in [4.78, 5) is 2.69. The summed E-state index contributed by atoms with van der Waals surface area (Å²) in [5.41, 5.74) is 21.3. The molecule has 8 saturated carbocycles. The maximum absolute atomic E-state index is 2.87. The lowest BCUT2D eigenvalue weighted by atomic mass is 9.44. The molecule has 3 aliphatic heterocycles. The molecule has 6 aromatic rings. The Hall–Kier alpha value is -4.24. The molecular formula is C54H53BN2. The summed E-state index contributed by atoms with van der Waals surface area (Å²) in [5, 5.41) is 3.08. The molecule has 2 nitrogen and oxygen atoms in total. The Morgan fingerprint density at radius 2 is 1.18 bits per heavy atom. The van der Waals surface area contributed by atoms with Gasteiger partial charge in [0, 0.05) is 44.2 Å². The van der Waals surface area contributed by atoms with Crippen molar-refractivity contribution >= 4 is 56.6 Å². The fourth-order valence-corrected chi connectivity index (χ4v) is 17.4. The number of aromatic nitrogens is 1. The molecule has 3 heteroatoms. The topological polar surface area (TPSA) is 8.17 Å². The summed E-state index contributed by atoms with van der Waals surface area (Å²) in [5.74, 6) is 5.63. The van der Waals surface area contributed by atoms with Crippen LogP contribution in [0.15, 0.2) is 84.9 Å². The number of benzene rings is 5. The molecule has 17 rings (SSSR count). The van der Waals surface area contributed by atoms with Crippen LogP contribution in [0.1, 0.15) is 119 Å². The van der Waals surface area contributed by atoms with Crippen LogP contribution < -0.4 is 15.8 Å². The Balaban J connectivity index is 1.05. The van der Waals surface area contributed by atoms with Gasteiger partial charge in [0.1, 0.15) is 0 Å². The van der Waals surface area contributed by atoms with Crippen molar-refractivity contribution in [3.63, 3.8) is 0 Å². The molecule has 11 aliphatic rings. The molecule has 5 aromatic carbocycles. The second-order valence-electron chi connectivity index (χ2n) is 22.3. The molecule has 8 aliphatic carbocycles. The van der Waals surface area contributed by atoms with E-state index in [1.54, 1.807) is 16.5 Å². The monoisotopic (exact) mass is 740 g/mol. The number of anilines is 3. The number of hydrogen-bond acceptors (Lipinski definition) is 1. The van der Waals surface area contributed by atoms with Crippen LogP contribution in [0.4, 0.5) is 17.1 Å². The molecule has 0 atom stereocenters. The van der Waals surface area contributed by atoms with Crippen LogP contribution in [-0.2, 0) is 16.2 Å². The predicted molar refractivity (Wildman–Crippen MR) is 237 cm³/mol. The molecule has 8 fully saturated rings. The largest absolute Gasteiger partial charge is 0.375 e. The zero-order valence-electron chi connectivity index (χ0n) is 34.0. The van der Waals surface area contributed by atoms with Gasteiger partial charge in [-0.15, -0.1) is 0 Å². The van der Waals surface area contributed by atoms with Crippen LogP contribution in [0.3, 0.4) is 0 Å². The Labute approximate surface area is 338 Å². The van der Waals surface area contributed by atoms with Crippen molar-refractivity contribution in [1.82, 2.24) is 4.48 Å². The highest BCUT2D eigenvalue weighted by atomic mass is 15.2. The van der Waals surface area contributed by atoms with Crippen molar-refractivity contribution < 1.29 is 0 Å². The average molecular weight is 741 g/mol. The van der Waals surface area contributed by atoms with Gasteiger partial charge in [0.25, 0.3) is 0 Å². The summed E-state index contributed by atoms with van der Waals surface area (Å²) in [6.45, 7) is 7.39. The van der Waals surface area contributed by atoms with E-state index in [2.05, 4.69) is 115 Å². The predicted octanol–water partition coefficient (Wildman–Crippen LogP) is 12.1. The Kier molecular flexibility index (Phi) is 5.64. The van der Waals surface area contributed by atoms with Gasteiger partial charge in [0.05, 0.1) is 5.69 Å². The molecule has 0 radical (unpaired) electrons. The van der Waals surface area contributed by atoms with Crippen molar-refractivity contribution in [3.8, 4) is 11.1 Å². The second-order valence-corrected chi connectivity index (χ2v) is 22.3. The highest BCUT2D eigenvalue weighted by Crippen LogP contribution is 2.64.